The summed E-state index contributed by atoms with van der Waals surface area (Å²) in [6.07, 6.45) is 2.78. The highest BCUT2D eigenvalue weighted by atomic mass is 32.1. The van der Waals surface area contributed by atoms with Gasteiger partial charge in [-0.3, -0.25) is 9.80 Å². The van der Waals surface area contributed by atoms with Crippen LogP contribution in [0.5, 0.6) is 0 Å². The molecule has 3 aliphatic rings. The van der Waals surface area contributed by atoms with Crippen molar-refractivity contribution in [1.29, 1.82) is 0 Å². The monoisotopic (exact) mass is 398 g/mol. The van der Waals surface area contributed by atoms with E-state index in [0.29, 0.717) is 12.5 Å². The molecule has 0 radical (unpaired) electrons. The molecule has 0 spiro atoms. The lowest BCUT2D eigenvalue weighted by molar-refractivity contribution is 0.0388. The lowest BCUT2D eigenvalue weighted by Gasteiger charge is -2.39. The van der Waals surface area contributed by atoms with E-state index in [1.807, 2.05) is 4.90 Å². The quantitative estimate of drug-likeness (QED) is 0.681. The molecule has 3 saturated heterocycles. The van der Waals surface area contributed by atoms with Gasteiger partial charge < -0.3 is 19.7 Å². The first-order chi connectivity index (χ1) is 13.0. The average molecular weight is 399 g/mol. The molecular formula is C19H34N4O3S. The number of hydrogen-bond donors (Lipinski definition) is 1. The van der Waals surface area contributed by atoms with E-state index in [1.54, 1.807) is 0 Å². The van der Waals surface area contributed by atoms with Crippen molar-refractivity contribution in [2.24, 2.45) is 5.92 Å². The van der Waals surface area contributed by atoms with E-state index in [0.717, 1.165) is 76.9 Å². The maximum absolute atomic E-state index is 12.2. The van der Waals surface area contributed by atoms with Crippen molar-refractivity contribution in [3.8, 4) is 0 Å². The largest absolute Gasteiger partial charge is 0.447 e. The number of carbonyl (C=O) groups is 1. The van der Waals surface area contributed by atoms with Crippen LogP contribution in [0.2, 0.25) is 0 Å². The number of ether oxygens (including phenoxy) is 2. The second-order valence-corrected chi connectivity index (χ2v) is 8.56. The average Bonchev–Trinajstić information content (AvgIpc) is 3.02. The van der Waals surface area contributed by atoms with E-state index >= 15 is 0 Å². The molecule has 1 unspecified atom stereocenters. The number of piperidine rings is 1. The van der Waals surface area contributed by atoms with Crippen LogP contribution < -0.4 is 5.32 Å². The lowest BCUT2D eigenvalue weighted by Crippen LogP contribution is -2.52. The van der Waals surface area contributed by atoms with Crippen LogP contribution in [0.1, 0.15) is 33.1 Å². The molecule has 0 aliphatic carbocycles. The number of amides is 1. The van der Waals surface area contributed by atoms with Crippen molar-refractivity contribution >= 4 is 23.4 Å². The SMILES string of the molecule is CC(C)CC1COC(=O)N1C1CCN(C(=S)NCCN2CCOCC2)CC1. The molecule has 1 N–H and O–H groups in total. The van der Waals surface area contributed by atoms with Crippen LogP contribution in [0.3, 0.4) is 0 Å². The van der Waals surface area contributed by atoms with Crippen molar-refractivity contribution < 1.29 is 14.3 Å². The minimum Gasteiger partial charge on any atom is -0.447 e. The third-order valence-electron chi connectivity index (χ3n) is 5.70. The Labute approximate surface area is 168 Å². The van der Waals surface area contributed by atoms with Crippen LogP contribution in [0, 0.1) is 5.92 Å². The minimum absolute atomic E-state index is 0.134. The number of nitrogens with zero attached hydrogens (tertiary/aromatic N) is 3. The lowest BCUT2D eigenvalue weighted by atomic mass is 9.98. The number of thiocarbonyl (C=S) groups is 1. The summed E-state index contributed by atoms with van der Waals surface area (Å²) >= 11 is 5.58. The molecule has 0 saturated carbocycles. The topological polar surface area (TPSA) is 57.3 Å². The van der Waals surface area contributed by atoms with E-state index in [-0.39, 0.29) is 18.2 Å². The number of cyclic esters (lactones) is 1. The second kappa shape index (κ2) is 9.89. The maximum atomic E-state index is 12.2. The summed E-state index contributed by atoms with van der Waals surface area (Å²) in [5.74, 6) is 0.565. The van der Waals surface area contributed by atoms with Crippen LogP contribution in [-0.4, -0.2) is 97.1 Å². The number of rotatable bonds is 6. The molecule has 8 heteroatoms. The van der Waals surface area contributed by atoms with Gasteiger partial charge in [0, 0.05) is 45.3 Å². The van der Waals surface area contributed by atoms with Gasteiger partial charge in [0.2, 0.25) is 0 Å². The van der Waals surface area contributed by atoms with Gasteiger partial charge >= 0.3 is 6.09 Å². The smallest absolute Gasteiger partial charge is 0.410 e. The Morgan fingerprint density at radius 3 is 2.59 bits per heavy atom. The molecule has 27 heavy (non-hydrogen) atoms. The normalized spacial score (nSPS) is 25.1. The first kappa shape index (κ1) is 20.6. The molecule has 3 heterocycles. The molecule has 7 nitrogen and oxygen atoms in total. The zero-order chi connectivity index (χ0) is 19.2. The fourth-order valence-electron chi connectivity index (χ4n) is 4.25. The molecule has 3 aliphatic heterocycles. The zero-order valence-corrected chi connectivity index (χ0v) is 17.5. The third kappa shape index (κ3) is 5.68. The van der Waals surface area contributed by atoms with Gasteiger partial charge in [0.1, 0.15) is 6.61 Å². The second-order valence-electron chi connectivity index (χ2n) is 8.17. The van der Waals surface area contributed by atoms with E-state index < -0.39 is 0 Å². The maximum Gasteiger partial charge on any atom is 0.410 e. The molecule has 0 aromatic heterocycles. The van der Waals surface area contributed by atoms with Gasteiger partial charge in [-0.15, -0.1) is 0 Å². The van der Waals surface area contributed by atoms with E-state index in [1.165, 1.54) is 0 Å². The van der Waals surface area contributed by atoms with Crippen molar-refractivity contribution in [2.75, 3.05) is 59.1 Å². The van der Waals surface area contributed by atoms with E-state index in [9.17, 15) is 4.79 Å². The Morgan fingerprint density at radius 1 is 1.22 bits per heavy atom. The molecule has 154 valence electrons. The van der Waals surface area contributed by atoms with Gasteiger partial charge in [0.05, 0.1) is 19.3 Å². The van der Waals surface area contributed by atoms with Crippen LogP contribution in [0.25, 0.3) is 0 Å². The van der Waals surface area contributed by atoms with Crippen LogP contribution >= 0.6 is 12.2 Å². The highest BCUT2D eigenvalue weighted by Crippen LogP contribution is 2.27. The third-order valence-corrected chi connectivity index (χ3v) is 6.10. The van der Waals surface area contributed by atoms with Gasteiger partial charge in [-0.05, 0) is 37.4 Å². The summed E-state index contributed by atoms with van der Waals surface area (Å²) in [4.78, 5) is 18.9. The Balaban J connectivity index is 1.39. The summed E-state index contributed by atoms with van der Waals surface area (Å²) in [5.41, 5.74) is 0. The van der Waals surface area contributed by atoms with Crippen molar-refractivity contribution in [3.05, 3.63) is 0 Å². The van der Waals surface area contributed by atoms with Gasteiger partial charge in [-0.25, -0.2) is 4.79 Å². The van der Waals surface area contributed by atoms with Crippen LogP contribution in [0.4, 0.5) is 4.79 Å². The van der Waals surface area contributed by atoms with Crippen molar-refractivity contribution in [1.82, 2.24) is 20.0 Å². The van der Waals surface area contributed by atoms with Crippen molar-refractivity contribution in [2.45, 2.75) is 45.2 Å². The summed E-state index contributed by atoms with van der Waals surface area (Å²) < 4.78 is 10.7. The Morgan fingerprint density at radius 2 is 1.93 bits per heavy atom. The molecule has 0 aromatic rings. The number of hydrogen-bond acceptors (Lipinski definition) is 5. The molecule has 0 bridgehead atoms. The van der Waals surface area contributed by atoms with E-state index in [4.69, 9.17) is 21.7 Å². The predicted molar refractivity (Wildman–Crippen MR) is 109 cm³/mol. The molecule has 1 atom stereocenters. The Bertz CT molecular complexity index is 505. The summed E-state index contributed by atoms with van der Waals surface area (Å²) in [6.45, 7) is 12.3. The summed E-state index contributed by atoms with van der Waals surface area (Å²) in [5, 5.41) is 4.23. The number of carbonyl (C=O) groups excluding carboxylic acids is 1. The van der Waals surface area contributed by atoms with Gasteiger partial charge in [0.25, 0.3) is 0 Å². The molecular weight excluding hydrogens is 364 g/mol. The first-order valence-corrected chi connectivity index (χ1v) is 10.7. The zero-order valence-electron chi connectivity index (χ0n) is 16.7. The number of likely N-dealkylation sites (tertiary alicyclic amines) is 1. The standard InChI is InChI=1S/C19H34N4O3S/c1-15(2)13-17-14-26-19(24)23(17)16-3-6-22(7-4-16)18(27)20-5-8-21-9-11-25-12-10-21/h15-17H,3-14H2,1-2H3,(H,20,27). The Hall–Kier alpha value is -1.12. The highest BCUT2D eigenvalue weighted by molar-refractivity contribution is 7.80. The summed E-state index contributed by atoms with van der Waals surface area (Å²) in [7, 11) is 0. The summed E-state index contributed by atoms with van der Waals surface area (Å²) in [6, 6.07) is 0.504. The number of nitrogens with one attached hydrogen (secondary N) is 1. The predicted octanol–water partition coefficient (Wildman–Crippen LogP) is 1.52. The van der Waals surface area contributed by atoms with Crippen LogP contribution in [0.15, 0.2) is 0 Å². The van der Waals surface area contributed by atoms with Crippen LogP contribution in [-0.2, 0) is 9.47 Å². The fourth-order valence-corrected chi connectivity index (χ4v) is 4.53. The minimum atomic E-state index is -0.134. The fraction of sp³-hybridized carbons (Fsp3) is 0.895. The highest BCUT2D eigenvalue weighted by Gasteiger charge is 2.39. The van der Waals surface area contributed by atoms with Crippen molar-refractivity contribution in [3.63, 3.8) is 0 Å². The molecule has 3 rings (SSSR count). The molecule has 3 fully saturated rings. The van der Waals surface area contributed by atoms with Gasteiger partial charge in [0.15, 0.2) is 5.11 Å². The Kier molecular flexibility index (Phi) is 7.55. The van der Waals surface area contributed by atoms with Gasteiger partial charge in [-0.1, -0.05) is 13.8 Å². The first-order valence-electron chi connectivity index (χ1n) is 10.3. The van der Waals surface area contributed by atoms with Gasteiger partial charge in [-0.2, -0.15) is 0 Å². The number of morpholine rings is 1. The molecule has 0 aromatic carbocycles. The van der Waals surface area contributed by atoms with E-state index in [2.05, 4.69) is 29.0 Å². The molecule has 1 amide bonds.